The van der Waals surface area contributed by atoms with Crippen LogP contribution in [-0.4, -0.2) is 11.7 Å². The van der Waals surface area contributed by atoms with Gasteiger partial charge in [-0.05, 0) is 55.5 Å². The Balaban J connectivity index is 2.05. The van der Waals surface area contributed by atoms with Crippen LogP contribution in [0.25, 0.3) is 0 Å². The fraction of sp³-hybridized carbons (Fsp3) is 0.143. The van der Waals surface area contributed by atoms with Crippen molar-refractivity contribution in [1.82, 2.24) is 0 Å². The Labute approximate surface area is 101 Å². The van der Waals surface area contributed by atoms with Crippen LogP contribution in [0.4, 0.5) is 17.1 Å². The summed E-state index contributed by atoms with van der Waals surface area (Å²) in [5, 5.41) is 15.7. The van der Waals surface area contributed by atoms with Gasteiger partial charge in [-0.25, -0.2) is 0 Å². The van der Waals surface area contributed by atoms with Crippen molar-refractivity contribution in [3.63, 3.8) is 0 Å². The minimum Gasteiger partial charge on any atom is -0.508 e. The molecule has 3 N–H and O–H groups in total. The Hall–Kier alpha value is -2.16. The maximum absolute atomic E-state index is 9.18. The van der Waals surface area contributed by atoms with Crippen molar-refractivity contribution >= 4 is 17.1 Å². The molecule has 0 atom stereocenters. The van der Waals surface area contributed by atoms with Gasteiger partial charge >= 0.3 is 0 Å². The van der Waals surface area contributed by atoms with E-state index in [1.165, 1.54) is 0 Å². The van der Waals surface area contributed by atoms with Gasteiger partial charge in [-0.1, -0.05) is 0 Å². The molecule has 2 aromatic rings. The monoisotopic (exact) mass is 228 g/mol. The van der Waals surface area contributed by atoms with Gasteiger partial charge in [0.15, 0.2) is 0 Å². The van der Waals surface area contributed by atoms with E-state index in [0.29, 0.717) is 0 Å². The van der Waals surface area contributed by atoms with Crippen LogP contribution < -0.4 is 10.6 Å². The Kier molecular flexibility index (Phi) is 3.50. The molecule has 2 rings (SSSR count). The van der Waals surface area contributed by atoms with E-state index in [1.807, 2.05) is 36.4 Å². The van der Waals surface area contributed by atoms with Crippen LogP contribution in [0.15, 0.2) is 48.5 Å². The minimum atomic E-state index is 0.276. The Morgan fingerprint density at radius 2 is 1.29 bits per heavy atom. The topological polar surface area (TPSA) is 44.3 Å². The van der Waals surface area contributed by atoms with Gasteiger partial charge in [0.1, 0.15) is 5.75 Å². The van der Waals surface area contributed by atoms with Gasteiger partial charge in [-0.3, -0.25) is 0 Å². The molecule has 0 amide bonds. The van der Waals surface area contributed by atoms with E-state index in [1.54, 1.807) is 12.1 Å². The summed E-state index contributed by atoms with van der Waals surface area (Å²) in [6, 6.07) is 15.1. The SMILES string of the molecule is CCNc1ccc(Nc2ccc(O)cc2)cc1. The van der Waals surface area contributed by atoms with Gasteiger partial charge in [-0.15, -0.1) is 0 Å². The first-order valence-corrected chi connectivity index (χ1v) is 5.68. The molecule has 0 aliphatic heterocycles. The maximum Gasteiger partial charge on any atom is 0.115 e. The Bertz CT molecular complexity index is 463. The molecule has 0 saturated carbocycles. The third kappa shape index (κ3) is 3.14. The highest BCUT2D eigenvalue weighted by Gasteiger charge is 1.95. The van der Waals surface area contributed by atoms with E-state index in [-0.39, 0.29) is 5.75 Å². The van der Waals surface area contributed by atoms with Crippen molar-refractivity contribution < 1.29 is 5.11 Å². The lowest BCUT2D eigenvalue weighted by Crippen LogP contribution is -1.96. The van der Waals surface area contributed by atoms with Crippen molar-refractivity contribution in [1.29, 1.82) is 0 Å². The van der Waals surface area contributed by atoms with E-state index < -0.39 is 0 Å². The third-order valence-corrected chi connectivity index (χ3v) is 2.42. The molecule has 0 fully saturated rings. The molecule has 0 radical (unpaired) electrons. The van der Waals surface area contributed by atoms with Gasteiger partial charge in [0.2, 0.25) is 0 Å². The predicted molar refractivity (Wildman–Crippen MR) is 72.0 cm³/mol. The summed E-state index contributed by atoms with van der Waals surface area (Å²) >= 11 is 0. The Morgan fingerprint density at radius 1 is 0.824 bits per heavy atom. The lowest BCUT2D eigenvalue weighted by atomic mass is 10.2. The van der Waals surface area contributed by atoms with E-state index >= 15 is 0 Å². The summed E-state index contributed by atoms with van der Waals surface area (Å²) in [7, 11) is 0. The van der Waals surface area contributed by atoms with Crippen molar-refractivity contribution in [2.45, 2.75) is 6.92 Å². The summed E-state index contributed by atoms with van der Waals surface area (Å²) in [5.41, 5.74) is 3.10. The molecule has 0 aromatic heterocycles. The van der Waals surface area contributed by atoms with Gasteiger partial charge in [0.05, 0.1) is 0 Å². The molecule has 0 aliphatic carbocycles. The zero-order chi connectivity index (χ0) is 12.1. The molecular formula is C14H16N2O. The average molecular weight is 228 g/mol. The molecule has 0 aliphatic rings. The lowest BCUT2D eigenvalue weighted by molar-refractivity contribution is 0.475. The van der Waals surface area contributed by atoms with Crippen molar-refractivity contribution in [2.75, 3.05) is 17.2 Å². The summed E-state index contributed by atoms with van der Waals surface area (Å²) in [5.74, 6) is 0.276. The normalized spacial score (nSPS) is 9.94. The second-order valence-electron chi connectivity index (χ2n) is 3.78. The standard InChI is InChI=1S/C14H16N2O/c1-2-15-11-3-5-12(6-4-11)16-13-7-9-14(17)10-8-13/h3-10,15-17H,2H2,1H3. The van der Waals surface area contributed by atoms with Gasteiger partial charge in [0, 0.05) is 23.6 Å². The Morgan fingerprint density at radius 3 is 1.82 bits per heavy atom. The van der Waals surface area contributed by atoms with Gasteiger partial charge < -0.3 is 15.7 Å². The van der Waals surface area contributed by atoms with E-state index in [2.05, 4.69) is 17.6 Å². The van der Waals surface area contributed by atoms with Crippen molar-refractivity contribution in [2.24, 2.45) is 0 Å². The molecule has 3 nitrogen and oxygen atoms in total. The average Bonchev–Trinajstić information content (AvgIpc) is 2.35. The third-order valence-electron chi connectivity index (χ3n) is 2.42. The lowest BCUT2D eigenvalue weighted by Gasteiger charge is -2.08. The molecule has 3 heteroatoms. The highest BCUT2D eigenvalue weighted by atomic mass is 16.3. The zero-order valence-corrected chi connectivity index (χ0v) is 9.77. The summed E-state index contributed by atoms with van der Waals surface area (Å²) < 4.78 is 0. The summed E-state index contributed by atoms with van der Waals surface area (Å²) in [6.45, 7) is 2.99. The molecular weight excluding hydrogens is 212 g/mol. The van der Waals surface area contributed by atoms with Crippen LogP contribution >= 0.6 is 0 Å². The summed E-state index contributed by atoms with van der Waals surface area (Å²) in [4.78, 5) is 0. The first-order valence-electron chi connectivity index (χ1n) is 5.68. The highest BCUT2D eigenvalue weighted by molar-refractivity contribution is 5.62. The van der Waals surface area contributed by atoms with Gasteiger partial charge in [0.25, 0.3) is 0 Å². The maximum atomic E-state index is 9.18. The minimum absolute atomic E-state index is 0.276. The molecule has 17 heavy (non-hydrogen) atoms. The van der Waals surface area contributed by atoms with Crippen LogP contribution in [0, 0.1) is 0 Å². The number of hydrogen-bond donors (Lipinski definition) is 3. The largest absolute Gasteiger partial charge is 0.508 e. The van der Waals surface area contributed by atoms with E-state index in [9.17, 15) is 5.11 Å². The predicted octanol–water partition coefficient (Wildman–Crippen LogP) is 3.57. The number of nitrogens with one attached hydrogen (secondary N) is 2. The van der Waals surface area contributed by atoms with Crippen molar-refractivity contribution in [3.05, 3.63) is 48.5 Å². The van der Waals surface area contributed by atoms with Crippen LogP contribution in [-0.2, 0) is 0 Å². The zero-order valence-electron chi connectivity index (χ0n) is 9.77. The number of aromatic hydroxyl groups is 1. The highest BCUT2D eigenvalue weighted by Crippen LogP contribution is 2.20. The summed E-state index contributed by atoms with van der Waals surface area (Å²) in [6.07, 6.45) is 0. The molecule has 0 unspecified atom stereocenters. The fourth-order valence-electron chi connectivity index (χ4n) is 1.59. The number of hydrogen-bond acceptors (Lipinski definition) is 3. The van der Waals surface area contributed by atoms with Crippen LogP contribution in [0.2, 0.25) is 0 Å². The molecule has 0 heterocycles. The van der Waals surface area contributed by atoms with Crippen LogP contribution in [0.3, 0.4) is 0 Å². The van der Waals surface area contributed by atoms with E-state index in [0.717, 1.165) is 23.6 Å². The molecule has 0 saturated heterocycles. The number of anilines is 3. The van der Waals surface area contributed by atoms with Crippen molar-refractivity contribution in [3.8, 4) is 5.75 Å². The number of phenolic OH excluding ortho intramolecular Hbond substituents is 1. The van der Waals surface area contributed by atoms with E-state index in [4.69, 9.17) is 0 Å². The quantitative estimate of drug-likeness (QED) is 0.701. The first kappa shape index (κ1) is 11.3. The second-order valence-corrected chi connectivity index (χ2v) is 3.78. The smallest absolute Gasteiger partial charge is 0.115 e. The van der Waals surface area contributed by atoms with Crippen LogP contribution in [0.5, 0.6) is 5.75 Å². The second kappa shape index (κ2) is 5.25. The molecule has 0 bridgehead atoms. The number of benzene rings is 2. The number of phenols is 1. The first-order chi connectivity index (χ1) is 8.28. The van der Waals surface area contributed by atoms with Crippen LogP contribution in [0.1, 0.15) is 6.92 Å². The molecule has 0 spiro atoms. The fourth-order valence-corrected chi connectivity index (χ4v) is 1.59. The molecule has 88 valence electrons. The van der Waals surface area contributed by atoms with Gasteiger partial charge in [-0.2, -0.15) is 0 Å². The number of rotatable bonds is 4. The molecule has 2 aromatic carbocycles.